The van der Waals surface area contributed by atoms with E-state index >= 15 is 0 Å². The molecule has 0 saturated carbocycles. The lowest BCUT2D eigenvalue weighted by Gasteiger charge is -2.22. The van der Waals surface area contributed by atoms with Crippen molar-refractivity contribution < 1.29 is 0 Å². The molecular weight excluding hydrogens is 931 g/mol. The van der Waals surface area contributed by atoms with Crippen molar-refractivity contribution in [1.29, 1.82) is 0 Å². The third kappa shape index (κ3) is 8.16. The average Bonchev–Trinajstić information content (AvgIpc) is 4.13. The number of aromatic nitrogens is 2. The van der Waals surface area contributed by atoms with Gasteiger partial charge in [0.05, 0.1) is 22.1 Å². The largest absolute Gasteiger partial charge is 0.355 e. The van der Waals surface area contributed by atoms with Crippen molar-refractivity contribution in [2.24, 2.45) is 0 Å². The van der Waals surface area contributed by atoms with Gasteiger partial charge in [0.2, 0.25) is 0 Å². The van der Waals surface area contributed by atoms with Crippen LogP contribution in [0.15, 0.2) is 279 Å². The Hall–Kier alpha value is -9.70. The molecule has 366 valence electrons. The normalized spacial score (nSPS) is 12.4. The summed E-state index contributed by atoms with van der Waals surface area (Å²) < 4.78 is 4.74. The molecule has 2 aromatic heterocycles. The Morgan fingerprint density at radius 1 is 0.325 bits per heavy atom. The van der Waals surface area contributed by atoms with E-state index in [0.717, 1.165) is 17.8 Å². The fourth-order valence-corrected chi connectivity index (χ4v) is 12.2. The first-order valence-corrected chi connectivity index (χ1v) is 26.8. The SMILES string of the molecule is CC1(C)c2cc(Cc3ccccc3)ccc2-c2ccc(-c3ccc4c(c3)c3ccccc3n4-c3ccccc3)cc21.c1ccc(Nc2cccc3cc(-c4ccc5c(c4)c4ccccc4n5-c4ccccc4)ccc23)cc1. The van der Waals surface area contributed by atoms with E-state index in [1.54, 1.807) is 0 Å². The number of anilines is 2. The van der Waals surface area contributed by atoms with Crippen LogP contribution in [0.1, 0.15) is 36.1 Å². The topological polar surface area (TPSA) is 21.9 Å². The minimum absolute atomic E-state index is 0.0548. The van der Waals surface area contributed by atoms with Crippen LogP contribution in [0.3, 0.4) is 0 Å². The molecule has 0 bridgehead atoms. The molecule has 0 spiro atoms. The molecule has 3 nitrogen and oxygen atoms in total. The first-order valence-electron chi connectivity index (χ1n) is 26.8. The molecule has 3 heteroatoms. The first kappa shape index (κ1) is 45.9. The number of fused-ring (bicyclic) bond motifs is 10. The van der Waals surface area contributed by atoms with Gasteiger partial charge in [0.1, 0.15) is 0 Å². The molecule has 1 N–H and O–H groups in total. The maximum Gasteiger partial charge on any atom is 0.0541 e. The summed E-state index contributed by atoms with van der Waals surface area (Å²) in [6.07, 6.45) is 0.961. The van der Waals surface area contributed by atoms with Crippen LogP contribution in [-0.4, -0.2) is 9.13 Å². The summed E-state index contributed by atoms with van der Waals surface area (Å²) in [7, 11) is 0. The molecule has 0 radical (unpaired) electrons. The number of para-hydroxylation sites is 5. The molecule has 0 aliphatic heterocycles. The van der Waals surface area contributed by atoms with Gasteiger partial charge in [-0.05, 0) is 158 Å². The Bertz CT molecular complexity index is 4510. The molecule has 2 heterocycles. The number of hydrogen-bond donors (Lipinski definition) is 1. The first-order chi connectivity index (χ1) is 37.9. The highest BCUT2D eigenvalue weighted by atomic mass is 15.0. The van der Waals surface area contributed by atoms with Crippen LogP contribution in [0, 0.1) is 0 Å². The predicted molar refractivity (Wildman–Crippen MR) is 326 cm³/mol. The maximum absolute atomic E-state index is 3.57. The van der Waals surface area contributed by atoms with E-state index in [1.165, 1.54) is 121 Å². The van der Waals surface area contributed by atoms with Crippen molar-refractivity contribution in [1.82, 2.24) is 9.13 Å². The zero-order valence-corrected chi connectivity index (χ0v) is 43.2. The second-order valence-electron chi connectivity index (χ2n) is 21.0. The molecular formula is C74H55N3. The van der Waals surface area contributed by atoms with Crippen LogP contribution in [0.5, 0.6) is 0 Å². The lowest BCUT2D eigenvalue weighted by atomic mass is 9.81. The van der Waals surface area contributed by atoms with Crippen molar-refractivity contribution in [3.05, 3.63) is 301 Å². The van der Waals surface area contributed by atoms with E-state index in [4.69, 9.17) is 0 Å². The van der Waals surface area contributed by atoms with Crippen LogP contribution < -0.4 is 5.32 Å². The van der Waals surface area contributed by atoms with Gasteiger partial charge >= 0.3 is 0 Å². The van der Waals surface area contributed by atoms with E-state index in [0.29, 0.717) is 0 Å². The summed E-state index contributed by atoms with van der Waals surface area (Å²) in [4.78, 5) is 0. The molecule has 15 rings (SSSR count). The van der Waals surface area contributed by atoms with Gasteiger partial charge in [0.25, 0.3) is 0 Å². The van der Waals surface area contributed by atoms with E-state index in [1.807, 2.05) is 6.07 Å². The van der Waals surface area contributed by atoms with Gasteiger partial charge in [-0.2, -0.15) is 0 Å². The highest BCUT2D eigenvalue weighted by Crippen LogP contribution is 2.50. The summed E-state index contributed by atoms with van der Waals surface area (Å²) in [5.74, 6) is 0. The van der Waals surface area contributed by atoms with Gasteiger partial charge < -0.3 is 14.5 Å². The number of nitrogens with one attached hydrogen (secondary N) is 1. The van der Waals surface area contributed by atoms with Crippen LogP contribution in [-0.2, 0) is 11.8 Å². The van der Waals surface area contributed by atoms with Gasteiger partial charge in [0.15, 0.2) is 0 Å². The lowest BCUT2D eigenvalue weighted by Crippen LogP contribution is -2.15. The third-order valence-electron chi connectivity index (χ3n) is 16.0. The summed E-state index contributed by atoms with van der Waals surface area (Å²) in [5, 5.41) is 11.1. The van der Waals surface area contributed by atoms with Crippen LogP contribution in [0.4, 0.5) is 11.4 Å². The third-order valence-corrected chi connectivity index (χ3v) is 16.0. The van der Waals surface area contributed by atoms with Gasteiger partial charge in [-0.3, -0.25) is 0 Å². The molecule has 77 heavy (non-hydrogen) atoms. The average molecular weight is 986 g/mol. The van der Waals surface area contributed by atoms with Crippen LogP contribution in [0.25, 0.3) is 99.1 Å². The number of nitrogens with zero attached hydrogens (tertiary/aromatic N) is 2. The maximum atomic E-state index is 3.57. The summed E-state index contributed by atoms with van der Waals surface area (Å²) in [6, 6.07) is 101. The second kappa shape index (κ2) is 18.9. The van der Waals surface area contributed by atoms with Crippen molar-refractivity contribution in [3.8, 4) is 44.8 Å². The molecule has 0 amide bonds. The molecule has 0 unspecified atom stereocenters. The summed E-state index contributed by atoms with van der Waals surface area (Å²) in [6.45, 7) is 4.76. The summed E-state index contributed by atoms with van der Waals surface area (Å²) in [5.41, 5.74) is 22.7. The monoisotopic (exact) mass is 985 g/mol. The zero-order valence-electron chi connectivity index (χ0n) is 43.2. The lowest BCUT2D eigenvalue weighted by molar-refractivity contribution is 0.659. The Labute approximate surface area is 449 Å². The van der Waals surface area contributed by atoms with Crippen LogP contribution in [0.2, 0.25) is 0 Å². The minimum atomic E-state index is -0.0548. The van der Waals surface area contributed by atoms with E-state index in [9.17, 15) is 0 Å². The number of hydrogen-bond acceptors (Lipinski definition) is 1. The van der Waals surface area contributed by atoms with E-state index in [-0.39, 0.29) is 5.41 Å². The Kier molecular flexibility index (Phi) is 11.3. The second-order valence-corrected chi connectivity index (χ2v) is 21.0. The smallest absolute Gasteiger partial charge is 0.0541 e. The number of rotatable bonds is 8. The van der Waals surface area contributed by atoms with Gasteiger partial charge in [0, 0.05) is 55.1 Å². The fourth-order valence-electron chi connectivity index (χ4n) is 12.2. The Balaban J connectivity index is 0.000000141. The van der Waals surface area contributed by atoms with Crippen molar-refractivity contribution >= 4 is 65.8 Å². The zero-order chi connectivity index (χ0) is 51.5. The van der Waals surface area contributed by atoms with Crippen LogP contribution >= 0.6 is 0 Å². The quantitative estimate of drug-likeness (QED) is 0.161. The van der Waals surface area contributed by atoms with E-state index in [2.05, 4.69) is 301 Å². The number of benzene rings is 12. The standard InChI is InChI=1S/C40H31N.C34H24N2/c1-40(2)36-24-28(23-27-11-5-3-6-12-27)17-20-32(36)33-21-18-30(26-37(33)40)29-19-22-39-35(25-29)34-15-9-10-16-38(34)41(39)31-13-7-4-8-14-31;1-3-11-27(12-4-1)35-32-16-9-10-26-22-24(18-20-29(26)32)25-19-21-34-31(23-25)30-15-7-8-17-33(30)36(34)28-13-5-2-6-14-28/h3-22,24-26H,23H2,1-2H3;1-23,35H. The molecule has 1 aliphatic carbocycles. The molecule has 14 aromatic rings. The molecule has 0 saturated heterocycles. The van der Waals surface area contributed by atoms with Crippen molar-refractivity contribution in [2.45, 2.75) is 25.7 Å². The highest BCUT2D eigenvalue weighted by molar-refractivity contribution is 6.12. The molecule has 1 aliphatic rings. The predicted octanol–water partition coefficient (Wildman–Crippen LogP) is 19.7. The Morgan fingerprint density at radius 2 is 0.792 bits per heavy atom. The summed E-state index contributed by atoms with van der Waals surface area (Å²) >= 11 is 0. The van der Waals surface area contributed by atoms with Crippen molar-refractivity contribution in [2.75, 3.05) is 5.32 Å². The Morgan fingerprint density at radius 3 is 1.40 bits per heavy atom. The molecule has 0 atom stereocenters. The van der Waals surface area contributed by atoms with Crippen molar-refractivity contribution in [3.63, 3.8) is 0 Å². The highest BCUT2D eigenvalue weighted by Gasteiger charge is 2.36. The van der Waals surface area contributed by atoms with E-state index < -0.39 is 0 Å². The fraction of sp³-hybridized carbons (Fsp3) is 0.0541. The molecule has 12 aromatic carbocycles. The van der Waals surface area contributed by atoms with Gasteiger partial charge in [-0.25, -0.2) is 0 Å². The van der Waals surface area contributed by atoms with Gasteiger partial charge in [-0.1, -0.05) is 202 Å². The minimum Gasteiger partial charge on any atom is -0.355 e. The molecule has 0 fully saturated rings. The van der Waals surface area contributed by atoms with Gasteiger partial charge in [-0.15, -0.1) is 0 Å².